The molecule has 0 spiro atoms. The molecule has 0 aromatic heterocycles. The van der Waals surface area contributed by atoms with Crippen LogP contribution in [0.2, 0.25) is 0 Å². The van der Waals surface area contributed by atoms with E-state index in [1.54, 1.807) is 7.11 Å². The molecule has 0 aliphatic heterocycles. The van der Waals surface area contributed by atoms with E-state index in [4.69, 9.17) is 15.6 Å². The smallest absolute Gasteiger partial charge is 0.119 e. The quantitative estimate of drug-likeness (QED) is 0.761. The molecule has 0 saturated carbocycles. The number of ether oxygens (including phenoxy) is 1. The minimum atomic E-state index is -0.684. The predicted molar refractivity (Wildman–Crippen MR) is 56.4 cm³/mol. The maximum Gasteiger partial charge on any atom is 0.119 e. The summed E-state index contributed by atoms with van der Waals surface area (Å²) in [6.07, 6.45) is 0. The highest BCUT2D eigenvalue weighted by Gasteiger charge is 2.21. The van der Waals surface area contributed by atoms with E-state index in [9.17, 15) is 0 Å². The number of benzene rings is 1. The second kappa shape index (κ2) is 3.98. The molecule has 0 saturated heterocycles. The van der Waals surface area contributed by atoms with Gasteiger partial charge in [0.25, 0.3) is 0 Å². The molecule has 1 unspecified atom stereocenters. The predicted octanol–water partition coefficient (Wildman–Crippen LogP) is 1.17. The standard InChI is InChI=1S/C11H17NO2/c1-8-6-9(14-3)4-5-10(8)11(2,12)7-13/h4-6,13H,7,12H2,1-3H3. The van der Waals surface area contributed by atoms with E-state index in [1.165, 1.54) is 0 Å². The lowest BCUT2D eigenvalue weighted by atomic mass is 9.90. The largest absolute Gasteiger partial charge is 0.497 e. The van der Waals surface area contributed by atoms with Crippen LogP contribution in [0.4, 0.5) is 0 Å². The highest BCUT2D eigenvalue weighted by atomic mass is 16.5. The molecule has 3 N–H and O–H groups in total. The number of hydrogen-bond acceptors (Lipinski definition) is 3. The molecule has 0 heterocycles. The van der Waals surface area contributed by atoms with Crippen LogP contribution in [0.5, 0.6) is 5.75 Å². The molecule has 14 heavy (non-hydrogen) atoms. The highest BCUT2D eigenvalue weighted by Crippen LogP contribution is 2.24. The van der Waals surface area contributed by atoms with Crippen molar-refractivity contribution < 1.29 is 9.84 Å². The lowest BCUT2D eigenvalue weighted by Gasteiger charge is -2.24. The van der Waals surface area contributed by atoms with Crippen LogP contribution >= 0.6 is 0 Å². The van der Waals surface area contributed by atoms with Crippen molar-refractivity contribution in [1.82, 2.24) is 0 Å². The molecule has 1 rings (SSSR count). The highest BCUT2D eigenvalue weighted by molar-refractivity contribution is 5.38. The van der Waals surface area contributed by atoms with Gasteiger partial charge in [0.1, 0.15) is 5.75 Å². The van der Waals surface area contributed by atoms with E-state index in [0.29, 0.717) is 0 Å². The van der Waals surface area contributed by atoms with Gasteiger partial charge in [-0.2, -0.15) is 0 Å². The van der Waals surface area contributed by atoms with Gasteiger partial charge in [-0.15, -0.1) is 0 Å². The third kappa shape index (κ3) is 2.05. The summed E-state index contributed by atoms with van der Waals surface area (Å²) in [6.45, 7) is 3.70. The molecule has 1 aromatic carbocycles. The van der Waals surface area contributed by atoms with Gasteiger partial charge >= 0.3 is 0 Å². The van der Waals surface area contributed by atoms with Crippen LogP contribution in [0.3, 0.4) is 0 Å². The third-order valence-electron chi connectivity index (χ3n) is 2.38. The van der Waals surface area contributed by atoms with Crippen molar-refractivity contribution in [2.45, 2.75) is 19.4 Å². The summed E-state index contributed by atoms with van der Waals surface area (Å²) < 4.78 is 5.09. The van der Waals surface area contributed by atoms with Crippen LogP contribution in [0, 0.1) is 6.92 Å². The van der Waals surface area contributed by atoms with Crippen molar-refractivity contribution >= 4 is 0 Å². The second-order valence-corrected chi connectivity index (χ2v) is 3.76. The Labute approximate surface area is 84.5 Å². The van der Waals surface area contributed by atoms with E-state index in [0.717, 1.165) is 16.9 Å². The number of aliphatic hydroxyl groups is 1. The van der Waals surface area contributed by atoms with E-state index < -0.39 is 5.54 Å². The zero-order valence-electron chi connectivity index (χ0n) is 8.87. The third-order valence-corrected chi connectivity index (χ3v) is 2.38. The molecular weight excluding hydrogens is 178 g/mol. The number of aliphatic hydroxyl groups excluding tert-OH is 1. The summed E-state index contributed by atoms with van der Waals surface area (Å²) in [5.41, 5.74) is 7.23. The molecule has 0 fully saturated rings. The van der Waals surface area contributed by atoms with Crippen LogP contribution in [0.25, 0.3) is 0 Å². The Morgan fingerprint density at radius 2 is 2.14 bits per heavy atom. The lowest BCUT2D eigenvalue weighted by Crippen LogP contribution is -2.37. The zero-order chi connectivity index (χ0) is 10.8. The molecule has 0 radical (unpaired) electrons. The number of rotatable bonds is 3. The van der Waals surface area contributed by atoms with Crippen LogP contribution in [-0.4, -0.2) is 18.8 Å². The molecule has 0 aliphatic rings. The van der Waals surface area contributed by atoms with Crippen LogP contribution in [-0.2, 0) is 5.54 Å². The summed E-state index contributed by atoms with van der Waals surface area (Å²) in [7, 11) is 1.63. The summed E-state index contributed by atoms with van der Waals surface area (Å²) in [5, 5.41) is 9.14. The Morgan fingerprint density at radius 1 is 1.50 bits per heavy atom. The van der Waals surface area contributed by atoms with Gasteiger partial charge < -0.3 is 15.6 Å². The minimum absolute atomic E-state index is 0.0693. The van der Waals surface area contributed by atoms with Crippen molar-refractivity contribution in [3.63, 3.8) is 0 Å². The monoisotopic (exact) mass is 195 g/mol. The molecule has 0 amide bonds. The van der Waals surface area contributed by atoms with Crippen molar-refractivity contribution in [2.24, 2.45) is 5.73 Å². The van der Waals surface area contributed by atoms with Gasteiger partial charge in [-0.1, -0.05) is 6.07 Å². The fourth-order valence-electron chi connectivity index (χ4n) is 1.49. The van der Waals surface area contributed by atoms with Gasteiger partial charge in [0.05, 0.1) is 19.3 Å². The van der Waals surface area contributed by atoms with Crippen LogP contribution in [0.15, 0.2) is 18.2 Å². The molecular formula is C11H17NO2. The molecule has 78 valence electrons. The Kier molecular flexibility index (Phi) is 3.13. The SMILES string of the molecule is COc1ccc(C(C)(N)CO)c(C)c1. The topological polar surface area (TPSA) is 55.5 Å². The summed E-state index contributed by atoms with van der Waals surface area (Å²) in [5.74, 6) is 0.806. The Hall–Kier alpha value is -1.06. The first kappa shape index (κ1) is 11.0. The zero-order valence-corrected chi connectivity index (χ0v) is 8.87. The first-order valence-electron chi connectivity index (χ1n) is 4.56. The van der Waals surface area contributed by atoms with Gasteiger partial charge in [0.2, 0.25) is 0 Å². The molecule has 1 atom stereocenters. The molecule has 0 aliphatic carbocycles. The maximum atomic E-state index is 9.14. The molecule has 0 bridgehead atoms. The van der Waals surface area contributed by atoms with E-state index in [1.807, 2.05) is 32.0 Å². The van der Waals surface area contributed by atoms with E-state index >= 15 is 0 Å². The maximum absolute atomic E-state index is 9.14. The summed E-state index contributed by atoms with van der Waals surface area (Å²) in [6, 6.07) is 5.66. The fraction of sp³-hybridized carbons (Fsp3) is 0.455. The van der Waals surface area contributed by atoms with Crippen molar-refractivity contribution in [1.29, 1.82) is 0 Å². The number of nitrogens with two attached hydrogens (primary N) is 1. The molecule has 3 heteroatoms. The van der Waals surface area contributed by atoms with Crippen molar-refractivity contribution in [2.75, 3.05) is 13.7 Å². The number of hydrogen-bond donors (Lipinski definition) is 2. The first-order chi connectivity index (χ1) is 6.51. The average Bonchev–Trinajstić information content (AvgIpc) is 2.17. The van der Waals surface area contributed by atoms with Crippen LogP contribution < -0.4 is 10.5 Å². The summed E-state index contributed by atoms with van der Waals surface area (Å²) >= 11 is 0. The fourth-order valence-corrected chi connectivity index (χ4v) is 1.49. The summed E-state index contributed by atoms with van der Waals surface area (Å²) in [4.78, 5) is 0. The van der Waals surface area contributed by atoms with Gasteiger partial charge in [0.15, 0.2) is 0 Å². The average molecular weight is 195 g/mol. The van der Waals surface area contributed by atoms with Gasteiger partial charge in [0, 0.05) is 0 Å². The van der Waals surface area contributed by atoms with E-state index in [-0.39, 0.29) is 6.61 Å². The number of methoxy groups -OCH3 is 1. The Bertz CT molecular complexity index is 321. The first-order valence-corrected chi connectivity index (χ1v) is 4.56. The van der Waals surface area contributed by atoms with Gasteiger partial charge in [-0.25, -0.2) is 0 Å². The molecule has 1 aromatic rings. The van der Waals surface area contributed by atoms with Crippen LogP contribution in [0.1, 0.15) is 18.1 Å². The second-order valence-electron chi connectivity index (χ2n) is 3.76. The molecule has 3 nitrogen and oxygen atoms in total. The van der Waals surface area contributed by atoms with Crippen molar-refractivity contribution in [3.8, 4) is 5.75 Å². The minimum Gasteiger partial charge on any atom is -0.497 e. The normalized spacial score (nSPS) is 14.9. The Balaban J connectivity index is 3.12. The van der Waals surface area contributed by atoms with E-state index in [2.05, 4.69) is 0 Å². The van der Waals surface area contributed by atoms with Gasteiger partial charge in [-0.3, -0.25) is 0 Å². The van der Waals surface area contributed by atoms with Crippen molar-refractivity contribution in [3.05, 3.63) is 29.3 Å². The number of aryl methyl sites for hydroxylation is 1. The Morgan fingerprint density at radius 3 is 2.57 bits per heavy atom. The lowest BCUT2D eigenvalue weighted by molar-refractivity contribution is 0.209. The van der Waals surface area contributed by atoms with Gasteiger partial charge in [-0.05, 0) is 37.1 Å².